The Morgan fingerprint density at radius 3 is 2.43 bits per heavy atom. The largest absolute Gasteiger partial charge is 0.373 e. The maximum atomic E-state index is 13.5. The highest BCUT2D eigenvalue weighted by atomic mass is 32.2. The number of sulfonamides is 1. The molecule has 0 saturated carbocycles. The molecule has 1 amide bonds. The van der Waals surface area contributed by atoms with Crippen LogP contribution in [0.4, 0.5) is 0 Å². The molecule has 5 rings (SSSR count). The first kappa shape index (κ1) is 25.8. The second kappa shape index (κ2) is 10.1. The molecular weight excluding hydrogens is 529 g/mol. The Labute approximate surface area is 226 Å². The first-order chi connectivity index (χ1) is 17.6. The topological polar surface area (TPSA) is 84.7 Å². The van der Waals surface area contributed by atoms with Gasteiger partial charge in [-0.25, -0.2) is 13.1 Å². The van der Waals surface area contributed by atoms with Gasteiger partial charge >= 0.3 is 0 Å². The van der Waals surface area contributed by atoms with Crippen molar-refractivity contribution in [3.63, 3.8) is 0 Å². The summed E-state index contributed by atoms with van der Waals surface area (Å²) in [6.45, 7) is 4.33. The van der Waals surface area contributed by atoms with Gasteiger partial charge in [-0.15, -0.1) is 0 Å². The Morgan fingerprint density at radius 1 is 1.08 bits per heavy atom. The summed E-state index contributed by atoms with van der Waals surface area (Å²) in [6, 6.07) is 16.4. The molecule has 192 valence electrons. The van der Waals surface area contributed by atoms with E-state index in [-0.39, 0.29) is 23.0 Å². The van der Waals surface area contributed by atoms with Crippen LogP contribution < -0.4 is 0 Å². The Hall–Kier alpha value is -2.83. The lowest BCUT2D eigenvalue weighted by Gasteiger charge is -2.34. The van der Waals surface area contributed by atoms with Crippen molar-refractivity contribution in [2.45, 2.75) is 31.0 Å². The van der Waals surface area contributed by atoms with Crippen LogP contribution in [0.5, 0.6) is 0 Å². The van der Waals surface area contributed by atoms with Gasteiger partial charge in [0.15, 0.2) is 0 Å². The molecule has 2 saturated heterocycles. The molecule has 3 aromatic rings. The lowest BCUT2D eigenvalue weighted by Crippen LogP contribution is -2.48. The van der Waals surface area contributed by atoms with E-state index in [1.54, 1.807) is 36.0 Å². The van der Waals surface area contributed by atoms with E-state index in [0.29, 0.717) is 39.1 Å². The zero-order valence-electron chi connectivity index (χ0n) is 20.6. The number of carbonyl (C=O) groups excluding carboxylic acids is 1. The molecule has 0 N–H and O–H groups in total. The van der Waals surface area contributed by atoms with Gasteiger partial charge in [-0.1, -0.05) is 54.3 Å². The number of nitrogens with zero attached hydrogens (tertiary/aromatic N) is 4. The first-order valence-electron chi connectivity index (χ1n) is 11.8. The van der Waals surface area contributed by atoms with Crippen LogP contribution >= 0.6 is 24.0 Å². The third kappa shape index (κ3) is 5.14. The van der Waals surface area contributed by atoms with Crippen molar-refractivity contribution in [2.24, 2.45) is 0 Å². The standard InChI is InChI=1S/C26H26N4O4S3/c1-17-14-29(15-18(2)34-17)37(32,33)22-11-7-8-19(12-22)24-20(13-23-25(31)28(3)26(35)36-23)16-30(27-24)21-9-5-4-6-10-21/h4-13,16-18H,14-15H2,1-3H3/b23-13-. The molecule has 8 nitrogen and oxygen atoms in total. The molecule has 2 atom stereocenters. The maximum Gasteiger partial charge on any atom is 0.265 e. The number of hydrogen-bond acceptors (Lipinski definition) is 7. The third-order valence-electron chi connectivity index (χ3n) is 6.17. The number of amides is 1. The van der Waals surface area contributed by atoms with Crippen LogP contribution in [0.1, 0.15) is 19.4 Å². The van der Waals surface area contributed by atoms with Crippen LogP contribution in [0.3, 0.4) is 0 Å². The van der Waals surface area contributed by atoms with Gasteiger partial charge in [0.2, 0.25) is 10.0 Å². The average Bonchev–Trinajstić information content (AvgIpc) is 3.41. The van der Waals surface area contributed by atoms with Crippen molar-refractivity contribution >= 4 is 50.3 Å². The van der Waals surface area contributed by atoms with E-state index in [9.17, 15) is 13.2 Å². The minimum absolute atomic E-state index is 0.180. The fourth-order valence-corrected chi connectivity index (χ4v) is 7.20. The van der Waals surface area contributed by atoms with Gasteiger partial charge in [0.1, 0.15) is 10.0 Å². The summed E-state index contributed by atoms with van der Waals surface area (Å²) >= 11 is 6.51. The predicted octanol–water partition coefficient (Wildman–Crippen LogP) is 4.17. The molecule has 0 aliphatic carbocycles. The number of rotatable bonds is 5. The van der Waals surface area contributed by atoms with E-state index in [0.717, 1.165) is 5.69 Å². The first-order valence-corrected chi connectivity index (χ1v) is 14.4. The van der Waals surface area contributed by atoms with Crippen molar-refractivity contribution in [3.8, 4) is 16.9 Å². The number of hydrogen-bond donors (Lipinski definition) is 0. The molecule has 11 heteroatoms. The fourth-order valence-electron chi connectivity index (χ4n) is 4.40. The van der Waals surface area contributed by atoms with E-state index in [1.165, 1.54) is 21.0 Å². The average molecular weight is 555 g/mol. The number of aromatic nitrogens is 2. The quantitative estimate of drug-likeness (QED) is 0.346. The molecule has 0 spiro atoms. The Balaban J connectivity index is 1.59. The van der Waals surface area contributed by atoms with E-state index in [1.807, 2.05) is 56.4 Å². The summed E-state index contributed by atoms with van der Waals surface area (Å²) in [7, 11) is -2.09. The van der Waals surface area contributed by atoms with Gasteiger partial charge in [0.05, 0.1) is 27.7 Å². The monoisotopic (exact) mass is 554 g/mol. The summed E-state index contributed by atoms with van der Waals surface area (Å²) in [5, 5.41) is 4.79. The maximum absolute atomic E-state index is 13.5. The normalized spacial score (nSPS) is 22.2. The van der Waals surface area contributed by atoms with Crippen LogP contribution in [-0.2, 0) is 19.6 Å². The number of morpholine rings is 1. The highest BCUT2D eigenvalue weighted by molar-refractivity contribution is 8.26. The molecule has 2 unspecified atom stereocenters. The summed E-state index contributed by atoms with van der Waals surface area (Å²) in [5.74, 6) is -0.180. The SMILES string of the molecule is CC1CN(S(=O)(=O)c2cccc(-c3nn(-c4ccccc4)cc3/C=C3\SC(=S)N(C)C3=O)c2)CC(C)O1. The molecule has 0 radical (unpaired) electrons. The van der Waals surface area contributed by atoms with Crippen LogP contribution in [0.2, 0.25) is 0 Å². The van der Waals surface area contributed by atoms with Gasteiger partial charge in [-0.3, -0.25) is 9.69 Å². The number of benzene rings is 2. The van der Waals surface area contributed by atoms with Crippen molar-refractivity contribution in [1.29, 1.82) is 0 Å². The van der Waals surface area contributed by atoms with Crippen molar-refractivity contribution in [2.75, 3.05) is 20.1 Å². The van der Waals surface area contributed by atoms with Crippen LogP contribution in [0.15, 0.2) is 70.6 Å². The lowest BCUT2D eigenvalue weighted by molar-refractivity contribution is -0.121. The minimum atomic E-state index is -3.74. The zero-order valence-corrected chi connectivity index (χ0v) is 23.0. The molecule has 2 aromatic carbocycles. The summed E-state index contributed by atoms with van der Waals surface area (Å²) in [6.07, 6.45) is 3.22. The Bertz CT molecular complexity index is 1490. The second-order valence-electron chi connectivity index (χ2n) is 9.06. The summed E-state index contributed by atoms with van der Waals surface area (Å²) in [5.41, 5.74) is 2.71. The number of ether oxygens (including phenoxy) is 1. The Morgan fingerprint density at radius 2 is 1.78 bits per heavy atom. The minimum Gasteiger partial charge on any atom is -0.373 e. The van der Waals surface area contributed by atoms with E-state index < -0.39 is 10.0 Å². The van der Waals surface area contributed by atoms with Crippen molar-refractivity contribution in [1.82, 2.24) is 19.0 Å². The molecule has 2 aliphatic rings. The number of para-hydroxylation sites is 1. The van der Waals surface area contributed by atoms with Crippen LogP contribution in [-0.4, -0.2) is 70.0 Å². The predicted molar refractivity (Wildman–Crippen MR) is 149 cm³/mol. The Kier molecular flexibility index (Phi) is 7.08. The smallest absolute Gasteiger partial charge is 0.265 e. The number of likely N-dealkylation sites (N-methyl/N-ethyl adjacent to an activating group) is 1. The van der Waals surface area contributed by atoms with E-state index in [4.69, 9.17) is 22.1 Å². The van der Waals surface area contributed by atoms with E-state index >= 15 is 0 Å². The fraction of sp³-hybridized carbons (Fsp3) is 0.269. The van der Waals surface area contributed by atoms with Crippen LogP contribution in [0.25, 0.3) is 23.0 Å². The zero-order chi connectivity index (χ0) is 26.3. The van der Waals surface area contributed by atoms with Gasteiger partial charge in [0.25, 0.3) is 5.91 Å². The van der Waals surface area contributed by atoms with E-state index in [2.05, 4.69) is 0 Å². The highest BCUT2D eigenvalue weighted by Crippen LogP contribution is 2.35. The van der Waals surface area contributed by atoms with Gasteiger partial charge in [0, 0.05) is 37.5 Å². The third-order valence-corrected chi connectivity index (χ3v) is 9.48. The number of carbonyl (C=O) groups is 1. The van der Waals surface area contributed by atoms with Gasteiger partial charge in [-0.2, -0.15) is 9.40 Å². The number of thioether (sulfide) groups is 1. The van der Waals surface area contributed by atoms with Gasteiger partial charge < -0.3 is 4.74 Å². The molecule has 3 heterocycles. The summed E-state index contributed by atoms with van der Waals surface area (Å²) in [4.78, 5) is 14.8. The number of thiocarbonyl (C=S) groups is 1. The molecule has 37 heavy (non-hydrogen) atoms. The molecule has 2 aliphatic heterocycles. The molecular formula is C26H26N4O4S3. The van der Waals surface area contributed by atoms with Crippen LogP contribution in [0, 0.1) is 0 Å². The molecule has 2 fully saturated rings. The molecule has 0 bridgehead atoms. The second-order valence-corrected chi connectivity index (χ2v) is 12.7. The van der Waals surface area contributed by atoms with Crippen molar-refractivity contribution in [3.05, 3.63) is 71.3 Å². The lowest BCUT2D eigenvalue weighted by atomic mass is 10.1. The van der Waals surface area contributed by atoms with Gasteiger partial charge in [-0.05, 0) is 44.2 Å². The summed E-state index contributed by atoms with van der Waals surface area (Å²) < 4.78 is 36.5. The molecule has 1 aromatic heterocycles. The van der Waals surface area contributed by atoms with Crippen molar-refractivity contribution < 1.29 is 17.9 Å². The highest BCUT2D eigenvalue weighted by Gasteiger charge is 2.33.